The van der Waals surface area contributed by atoms with Gasteiger partial charge in [-0.25, -0.2) is 0 Å². The van der Waals surface area contributed by atoms with Crippen molar-refractivity contribution in [2.24, 2.45) is 0 Å². The van der Waals surface area contributed by atoms with Crippen molar-refractivity contribution in [1.82, 2.24) is 0 Å². The van der Waals surface area contributed by atoms with Gasteiger partial charge in [0.2, 0.25) is 0 Å². The van der Waals surface area contributed by atoms with Gasteiger partial charge < -0.3 is 24.8 Å². The van der Waals surface area contributed by atoms with E-state index < -0.39 is 0 Å². The Morgan fingerprint density at radius 1 is 0.778 bits per heavy atom. The molecule has 0 spiro atoms. The molecule has 0 aromatic rings. The Labute approximate surface area is 75.6 Å². The fourth-order valence-electron chi connectivity index (χ4n) is 0.866. The predicted octanol–water partition coefficient (Wildman–Crippen LogP) is -3.45. The van der Waals surface area contributed by atoms with E-state index in [1.165, 1.54) is 15.8 Å². The topological polar surface area (TPSA) is 0 Å². The molecule has 0 N–H and O–H groups in total. The summed E-state index contributed by atoms with van der Waals surface area (Å²) < 4.78 is 0. The van der Waals surface area contributed by atoms with E-state index in [0.29, 0.717) is 0 Å². The smallest absolute Gasteiger partial charge is 0.990 e. The molecule has 0 heterocycles. The number of rotatable bonds is 3. The molecule has 0 aromatic carbocycles. The van der Waals surface area contributed by atoms with Crippen LogP contribution >= 0.6 is 0 Å². The van der Waals surface area contributed by atoms with Crippen molar-refractivity contribution in [2.45, 2.75) is 36.6 Å². The fraction of sp³-hybridized carbons (Fsp3) is 1.00. The van der Waals surface area contributed by atoms with Gasteiger partial charge in [0.05, 0.1) is 0 Å². The van der Waals surface area contributed by atoms with Crippen molar-refractivity contribution in [3.05, 3.63) is 0 Å². The van der Waals surface area contributed by atoms with Crippen molar-refractivity contribution in [3.8, 4) is 0 Å². The van der Waals surface area contributed by atoms with Gasteiger partial charge in [-0.05, 0) is 20.8 Å². The Balaban J connectivity index is -0.000000180. The summed E-state index contributed by atoms with van der Waals surface area (Å²) >= 11 is -0.171. The zero-order valence-corrected chi connectivity index (χ0v) is 9.12. The zero-order valence-electron chi connectivity index (χ0n) is 6.45. The van der Waals surface area contributed by atoms with Crippen molar-refractivity contribution in [1.29, 1.82) is 0 Å². The molecule has 0 aliphatic rings. The summed E-state index contributed by atoms with van der Waals surface area (Å²) in [6.45, 7) is 6.97. The molecule has 56 valence electrons. The number of hydrogen-bond acceptors (Lipinski definition) is 0. The molecule has 0 saturated heterocycles. The molecule has 0 unspecified atom stereocenters. The van der Waals surface area contributed by atoms with E-state index >= 15 is 0 Å². The summed E-state index contributed by atoms with van der Waals surface area (Å²) in [7, 11) is 0. The minimum atomic E-state index is -0.171. The number of hydrogen-bond donors (Lipinski definition) is 0. The Kier molecular flexibility index (Phi) is 21.9. The van der Waals surface area contributed by atoms with E-state index in [4.69, 9.17) is 0 Å². The molecular weight excluding hydrogens is 170 g/mol. The van der Waals surface area contributed by atoms with E-state index in [-0.39, 0.29) is 39.0 Å². The summed E-state index contributed by atoms with van der Waals surface area (Å²) in [5.74, 6) is 0. The second-order valence-electron chi connectivity index (χ2n) is 2.09. The highest BCUT2D eigenvalue weighted by Gasteiger charge is 2.50. The number of halogens is 2. The van der Waals surface area contributed by atoms with Gasteiger partial charge in [0, 0.05) is 0 Å². The maximum Gasteiger partial charge on any atom is 0.990 e. The van der Waals surface area contributed by atoms with Crippen LogP contribution in [0.25, 0.3) is 0 Å². The van der Waals surface area contributed by atoms with Gasteiger partial charge in [0.15, 0.2) is 0 Å². The highest BCUT2D eigenvalue weighted by Crippen LogP contribution is 2.01. The minimum Gasteiger partial charge on any atom is -1.00 e. The lowest BCUT2D eigenvalue weighted by atomic mass is 10.9. The van der Waals surface area contributed by atoms with E-state index in [2.05, 4.69) is 20.8 Å². The second kappa shape index (κ2) is 11.9. The molecule has 0 nitrogen and oxygen atoms in total. The maximum atomic E-state index is 2.32. The molecule has 0 aliphatic carbocycles. The van der Waals surface area contributed by atoms with Gasteiger partial charge in [0.1, 0.15) is 15.8 Å². The van der Waals surface area contributed by atoms with Crippen LogP contribution in [-0.2, 0) is 0 Å². The molecule has 0 amide bonds. The SMILES string of the molecule is C[CH2][Al+2]([CH2]C)[CH2]C.[Cl-].[Cl-]. The highest BCUT2D eigenvalue weighted by atomic mass is 35.5. The van der Waals surface area contributed by atoms with Crippen LogP contribution < -0.4 is 24.8 Å². The molecule has 9 heavy (non-hydrogen) atoms. The third kappa shape index (κ3) is 9.11. The molecular formula is C6H15AlCl2. The van der Waals surface area contributed by atoms with Crippen molar-refractivity contribution >= 4 is 14.1 Å². The molecule has 0 aliphatic heterocycles. The first-order valence-electron chi connectivity index (χ1n) is 3.35. The lowest BCUT2D eigenvalue weighted by Gasteiger charge is -1.64. The summed E-state index contributed by atoms with van der Waals surface area (Å²) in [4.78, 5) is 0. The fourth-order valence-corrected chi connectivity index (χ4v) is 2.60. The average Bonchev–Trinajstić information content (AvgIpc) is 1.72. The van der Waals surface area contributed by atoms with Crippen LogP contribution in [0.1, 0.15) is 20.8 Å². The summed E-state index contributed by atoms with van der Waals surface area (Å²) in [5, 5.41) is 4.48. The second-order valence-corrected chi connectivity index (χ2v) is 6.27. The van der Waals surface area contributed by atoms with Gasteiger partial charge in [-0.15, -0.1) is 0 Å². The zero-order chi connectivity index (χ0) is 5.70. The molecule has 0 rings (SSSR count). The standard InChI is InChI=1S/3C2H5.Al.2ClH/c3*1-2;;;/h3*1H2,2H3;;2*1H/q;;;+2;;/p-2. The van der Waals surface area contributed by atoms with Gasteiger partial charge >= 0.3 is 14.1 Å². The Morgan fingerprint density at radius 3 is 1.00 bits per heavy atom. The Hall–Kier alpha value is 1.11. The van der Waals surface area contributed by atoms with Crippen LogP contribution in [0.4, 0.5) is 0 Å². The molecule has 3 heteroatoms. The molecule has 0 atom stereocenters. The van der Waals surface area contributed by atoms with E-state index in [0.717, 1.165) is 0 Å². The van der Waals surface area contributed by atoms with Crippen molar-refractivity contribution in [2.75, 3.05) is 0 Å². The molecule has 0 aromatic heterocycles. The van der Waals surface area contributed by atoms with Crippen LogP contribution in [0.5, 0.6) is 0 Å². The van der Waals surface area contributed by atoms with Gasteiger partial charge in [0.25, 0.3) is 0 Å². The molecule has 0 saturated carbocycles. The highest BCUT2D eigenvalue weighted by molar-refractivity contribution is 6.58. The quantitative estimate of drug-likeness (QED) is 0.401. The molecule has 0 bridgehead atoms. The van der Waals surface area contributed by atoms with Gasteiger partial charge in [-0.3, -0.25) is 0 Å². The normalized spacial score (nSPS) is 8.00. The first kappa shape index (κ1) is 16.6. The van der Waals surface area contributed by atoms with Crippen LogP contribution in [0, 0.1) is 0 Å². The first-order valence-corrected chi connectivity index (χ1v) is 5.80. The van der Waals surface area contributed by atoms with Gasteiger partial charge in [-0.1, -0.05) is 0 Å². The first-order chi connectivity index (χ1) is 3.35. The van der Waals surface area contributed by atoms with Crippen LogP contribution in [0.2, 0.25) is 15.8 Å². The summed E-state index contributed by atoms with van der Waals surface area (Å²) in [6.07, 6.45) is 0. The largest absolute Gasteiger partial charge is 1.00 e. The average molecular weight is 185 g/mol. The summed E-state index contributed by atoms with van der Waals surface area (Å²) in [6, 6.07) is 0. The van der Waals surface area contributed by atoms with Crippen LogP contribution in [0.15, 0.2) is 0 Å². The molecule has 4 radical (unpaired) electrons. The Morgan fingerprint density at radius 2 is 1.00 bits per heavy atom. The van der Waals surface area contributed by atoms with E-state index in [1.807, 2.05) is 0 Å². The summed E-state index contributed by atoms with van der Waals surface area (Å²) in [5.41, 5.74) is 0. The van der Waals surface area contributed by atoms with Crippen molar-refractivity contribution in [3.63, 3.8) is 0 Å². The minimum absolute atomic E-state index is 0. The Bertz CT molecular complexity index is 32.5. The monoisotopic (exact) mass is 184 g/mol. The third-order valence-electron chi connectivity index (χ3n) is 1.73. The van der Waals surface area contributed by atoms with Crippen LogP contribution in [0.3, 0.4) is 0 Å². The lowest BCUT2D eigenvalue weighted by molar-refractivity contribution is -0.001000. The van der Waals surface area contributed by atoms with Crippen molar-refractivity contribution < 1.29 is 24.8 Å². The molecule has 0 fully saturated rings. The maximum absolute atomic E-state index is 2.32. The lowest BCUT2D eigenvalue weighted by Crippen LogP contribution is -3.00. The predicted molar refractivity (Wildman–Crippen MR) is 37.2 cm³/mol. The van der Waals surface area contributed by atoms with E-state index in [9.17, 15) is 0 Å². The van der Waals surface area contributed by atoms with Gasteiger partial charge in [-0.2, -0.15) is 0 Å². The van der Waals surface area contributed by atoms with Crippen LogP contribution in [-0.4, -0.2) is 14.1 Å². The third-order valence-corrected chi connectivity index (χ3v) is 5.20. The van der Waals surface area contributed by atoms with E-state index in [1.54, 1.807) is 0 Å².